The molecule has 0 radical (unpaired) electrons. The number of aryl methyl sites for hydroxylation is 1. The number of ether oxygens (including phenoxy) is 2. The third-order valence-corrected chi connectivity index (χ3v) is 4.64. The van der Waals surface area contributed by atoms with Gasteiger partial charge < -0.3 is 14.8 Å². The molecule has 0 fully saturated rings. The van der Waals surface area contributed by atoms with Gasteiger partial charge in [-0.15, -0.1) is 0 Å². The van der Waals surface area contributed by atoms with Crippen molar-refractivity contribution >= 4 is 5.57 Å². The number of rotatable bonds is 1. The van der Waals surface area contributed by atoms with Gasteiger partial charge in [0, 0.05) is 6.54 Å². The van der Waals surface area contributed by atoms with E-state index < -0.39 is 0 Å². The van der Waals surface area contributed by atoms with Crippen LogP contribution >= 0.6 is 0 Å². The average Bonchev–Trinajstić information content (AvgIpc) is 2.68. The molecule has 0 aromatic heterocycles. The number of hydrogen-bond donors (Lipinski definition) is 1. The monoisotopic (exact) mass is 375 g/mol. The summed E-state index contributed by atoms with van der Waals surface area (Å²) in [6.45, 7) is 7.47. The zero-order valence-corrected chi connectivity index (χ0v) is 16.9. The van der Waals surface area contributed by atoms with Gasteiger partial charge in [0.25, 0.3) is 0 Å². The first-order valence-corrected chi connectivity index (χ1v) is 9.85. The predicted octanol–water partition coefficient (Wildman–Crippen LogP) is 5.43. The van der Waals surface area contributed by atoms with E-state index in [1.807, 2.05) is 38.3 Å². The van der Waals surface area contributed by atoms with E-state index >= 15 is 0 Å². The molecule has 3 heteroatoms. The first kappa shape index (κ1) is 19.8. The quantitative estimate of drug-likeness (QED) is 0.721. The summed E-state index contributed by atoms with van der Waals surface area (Å²) < 4.78 is 12.0. The zero-order chi connectivity index (χ0) is 19.8. The minimum atomic E-state index is -0.0575. The Labute approximate surface area is 168 Å². The molecule has 1 atom stereocenters. The van der Waals surface area contributed by atoms with Gasteiger partial charge in [-0.3, -0.25) is 0 Å². The molecule has 1 N–H and O–H groups in total. The molecule has 0 bridgehead atoms. The van der Waals surface area contributed by atoms with Crippen LogP contribution in [0.15, 0.2) is 78.7 Å². The van der Waals surface area contributed by atoms with Crippen molar-refractivity contribution in [2.75, 3.05) is 13.2 Å². The van der Waals surface area contributed by atoms with Crippen LogP contribution in [0.2, 0.25) is 0 Å². The Morgan fingerprint density at radius 3 is 2.61 bits per heavy atom. The Morgan fingerprint density at radius 1 is 1.00 bits per heavy atom. The normalized spacial score (nSPS) is 23.0. The first-order chi connectivity index (χ1) is 13.6. The lowest BCUT2D eigenvalue weighted by molar-refractivity contribution is 0.204. The molecule has 0 aliphatic carbocycles. The standard InChI is InChI=1S/C25H29NO2/c1-19-8-10-22(11-9-19)23-12-13-24-6-4-5-7-25(24)28-21(3)18-20(2)27-17-16-26-15-14-23/h4-12,14-15,18,21,26H,13,16-17H2,1-3H3/b15-14-,20-18-,23-12+. The lowest BCUT2D eigenvalue weighted by Crippen LogP contribution is -2.14. The fourth-order valence-corrected chi connectivity index (χ4v) is 3.15. The summed E-state index contributed by atoms with van der Waals surface area (Å²) in [5.41, 5.74) is 4.81. The van der Waals surface area contributed by atoms with Crippen molar-refractivity contribution in [3.8, 4) is 5.75 Å². The molecular formula is C25H29NO2. The minimum Gasteiger partial charge on any atom is -0.497 e. The van der Waals surface area contributed by atoms with Gasteiger partial charge in [0.15, 0.2) is 0 Å². The highest BCUT2D eigenvalue weighted by molar-refractivity contribution is 5.74. The van der Waals surface area contributed by atoms with Gasteiger partial charge in [0.1, 0.15) is 18.5 Å². The molecule has 146 valence electrons. The van der Waals surface area contributed by atoms with E-state index in [2.05, 4.69) is 60.8 Å². The molecule has 2 aromatic rings. The summed E-state index contributed by atoms with van der Waals surface area (Å²) >= 11 is 0. The van der Waals surface area contributed by atoms with Gasteiger partial charge in [-0.05, 0) is 68.3 Å². The van der Waals surface area contributed by atoms with E-state index in [0.717, 1.165) is 24.5 Å². The minimum absolute atomic E-state index is 0.0575. The number of benzene rings is 2. The first-order valence-electron chi connectivity index (χ1n) is 9.85. The fourth-order valence-electron chi connectivity index (χ4n) is 3.15. The van der Waals surface area contributed by atoms with Crippen LogP contribution in [-0.4, -0.2) is 19.3 Å². The smallest absolute Gasteiger partial charge is 0.123 e. The van der Waals surface area contributed by atoms with E-state index in [0.29, 0.717) is 6.61 Å². The summed E-state index contributed by atoms with van der Waals surface area (Å²) in [5, 5.41) is 3.31. The van der Waals surface area contributed by atoms with Crippen LogP contribution in [0.4, 0.5) is 0 Å². The summed E-state index contributed by atoms with van der Waals surface area (Å²) in [7, 11) is 0. The molecular weight excluding hydrogens is 346 g/mol. The van der Waals surface area contributed by atoms with Gasteiger partial charge in [-0.25, -0.2) is 0 Å². The highest BCUT2D eigenvalue weighted by Crippen LogP contribution is 2.24. The van der Waals surface area contributed by atoms with Crippen molar-refractivity contribution in [1.82, 2.24) is 5.32 Å². The third kappa shape index (κ3) is 5.78. The summed E-state index contributed by atoms with van der Waals surface area (Å²) in [6, 6.07) is 16.9. The van der Waals surface area contributed by atoms with Gasteiger partial charge >= 0.3 is 0 Å². The molecule has 0 spiro atoms. The molecule has 1 unspecified atom stereocenters. The molecule has 28 heavy (non-hydrogen) atoms. The van der Waals surface area contributed by atoms with E-state index in [9.17, 15) is 0 Å². The Kier molecular flexibility index (Phi) is 6.96. The number of nitrogens with one attached hydrogen (secondary N) is 1. The van der Waals surface area contributed by atoms with Crippen LogP contribution in [0.25, 0.3) is 5.57 Å². The molecule has 1 aliphatic rings. The highest BCUT2D eigenvalue weighted by atomic mass is 16.5. The largest absolute Gasteiger partial charge is 0.497 e. The van der Waals surface area contributed by atoms with Crippen molar-refractivity contribution in [3.05, 3.63) is 95.4 Å². The Bertz CT molecular complexity index is 862. The van der Waals surface area contributed by atoms with Crippen LogP contribution < -0.4 is 10.1 Å². The molecule has 1 heterocycles. The summed E-state index contributed by atoms with van der Waals surface area (Å²) in [4.78, 5) is 0. The van der Waals surface area contributed by atoms with Crippen LogP contribution in [0.3, 0.4) is 0 Å². The maximum absolute atomic E-state index is 6.18. The molecule has 0 amide bonds. The van der Waals surface area contributed by atoms with E-state index in [-0.39, 0.29) is 6.10 Å². The van der Waals surface area contributed by atoms with Gasteiger partial charge in [0.2, 0.25) is 0 Å². The second-order valence-electron chi connectivity index (χ2n) is 7.07. The second-order valence-corrected chi connectivity index (χ2v) is 7.07. The predicted molar refractivity (Wildman–Crippen MR) is 116 cm³/mol. The lowest BCUT2D eigenvalue weighted by atomic mass is 10.0. The van der Waals surface area contributed by atoms with Crippen LogP contribution in [0.1, 0.15) is 30.5 Å². The zero-order valence-electron chi connectivity index (χ0n) is 16.9. The Hall–Kier alpha value is -2.94. The maximum atomic E-state index is 6.18. The van der Waals surface area contributed by atoms with Crippen molar-refractivity contribution in [3.63, 3.8) is 0 Å². The van der Waals surface area contributed by atoms with Gasteiger partial charge in [0.05, 0.1) is 5.76 Å². The highest BCUT2D eigenvalue weighted by Gasteiger charge is 2.08. The van der Waals surface area contributed by atoms with Crippen molar-refractivity contribution in [2.45, 2.75) is 33.3 Å². The number of allylic oxidation sites excluding steroid dienone is 4. The second kappa shape index (κ2) is 9.84. The third-order valence-electron chi connectivity index (χ3n) is 4.64. The van der Waals surface area contributed by atoms with E-state index in [1.54, 1.807) is 0 Å². The maximum Gasteiger partial charge on any atom is 0.123 e. The van der Waals surface area contributed by atoms with Crippen molar-refractivity contribution in [2.24, 2.45) is 0 Å². The molecule has 2 aromatic carbocycles. The molecule has 3 nitrogen and oxygen atoms in total. The van der Waals surface area contributed by atoms with Crippen molar-refractivity contribution < 1.29 is 9.47 Å². The van der Waals surface area contributed by atoms with Crippen molar-refractivity contribution in [1.29, 1.82) is 0 Å². The van der Waals surface area contributed by atoms with Crippen LogP contribution in [0.5, 0.6) is 5.75 Å². The molecule has 1 aliphatic heterocycles. The van der Waals surface area contributed by atoms with Crippen LogP contribution in [0, 0.1) is 6.92 Å². The topological polar surface area (TPSA) is 30.5 Å². The molecule has 0 saturated heterocycles. The lowest BCUT2D eigenvalue weighted by Gasteiger charge is -2.15. The Balaban J connectivity index is 1.93. The number of fused-ring (bicyclic) bond motifs is 1. The van der Waals surface area contributed by atoms with E-state index in [4.69, 9.17) is 9.47 Å². The summed E-state index contributed by atoms with van der Waals surface area (Å²) in [5.74, 6) is 1.79. The summed E-state index contributed by atoms with van der Waals surface area (Å²) in [6.07, 6.45) is 9.14. The number of para-hydroxylation sites is 1. The Morgan fingerprint density at radius 2 is 1.79 bits per heavy atom. The molecule has 3 rings (SSSR count). The van der Waals surface area contributed by atoms with Gasteiger partial charge in [-0.1, -0.05) is 54.1 Å². The van der Waals surface area contributed by atoms with Crippen LogP contribution in [-0.2, 0) is 11.2 Å². The number of hydrogen-bond acceptors (Lipinski definition) is 3. The fraction of sp³-hybridized carbons (Fsp3) is 0.280. The average molecular weight is 376 g/mol. The van der Waals surface area contributed by atoms with Gasteiger partial charge in [-0.2, -0.15) is 0 Å². The molecule has 0 saturated carbocycles. The SMILES string of the molecule is C/C1=C/C(C)Oc2ccccc2C/C=C(c2ccc(C)cc2)\C=C/NCCO1. The van der Waals surface area contributed by atoms with E-state index in [1.165, 1.54) is 22.3 Å².